The molecule has 0 amide bonds. The minimum atomic E-state index is 1.12. The number of hydrogen-bond donors (Lipinski definition) is 0. The molecule has 1 nitrogen and oxygen atoms in total. The Morgan fingerprint density at radius 1 is 0.429 bits per heavy atom. The minimum absolute atomic E-state index is 1.12. The van der Waals surface area contributed by atoms with Crippen LogP contribution < -0.4 is 0 Å². The number of hydrogen-bond acceptors (Lipinski definition) is 4. The summed E-state index contributed by atoms with van der Waals surface area (Å²) < 4.78 is 6.93. The lowest BCUT2D eigenvalue weighted by Gasteiger charge is -2.13. The Morgan fingerprint density at radius 3 is 1.14 bits per heavy atom. The van der Waals surface area contributed by atoms with Crippen LogP contribution in [0.1, 0.15) is 0 Å². The minimum Gasteiger partial charge on any atom is -0.306 e. The van der Waals surface area contributed by atoms with Crippen LogP contribution in [0, 0.1) is 0 Å². The highest BCUT2D eigenvalue weighted by Crippen LogP contribution is 2.55. The monoisotopic (exact) mass is 783 g/mol. The summed E-state index contributed by atoms with van der Waals surface area (Å²) in [4.78, 5) is 4.92. The van der Waals surface area contributed by atoms with Crippen LogP contribution in [0.5, 0.6) is 0 Å². The van der Waals surface area contributed by atoms with E-state index in [0.29, 0.717) is 0 Å². The Morgan fingerprint density at radius 2 is 0.800 bits per heavy atom. The van der Waals surface area contributed by atoms with Crippen LogP contribution >= 0.6 is 109 Å². The van der Waals surface area contributed by atoms with Crippen molar-refractivity contribution in [3.63, 3.8) is 0 Å². The Hall–Kier alpha value is -0.780. The van der Waals surface area contributed by atoms with Gasteiger partial charge in [-0.1, -0.05) is 18.2 Å². The lowest BCUT2D eigenvalue weighted by Crippen LogP contribution is -1.98. The van der Waals surface area contributed by atoms with Gasteiger partial charge in [-0.2, -0.15) is 0 Å². The van der Waals surface area contributed by atoms with Crippen molar-refractivity contribution in [2.24, 2.45) is 0 Å². The number of aromatic nitrogens is 1. The zero-order chi connectivity index (χ0) is 24.1. The number of para-hydroxylation sites is 1. The molecule has 35 heavy (non-hydrogen) atoms. The second kappa shape index (κ2) is 10.2. The van der Waals surface area contributed by atoms with Crippen molar-refractivity contribution in [1.29, 1.82) is 0 Å². The van der Waals surface area contributed by atoms with Crippen LogP contribution in [0.2, 0.25) is 0 Å². The molecule has 1 aromatic carbocycles. The van der Waals surface area contributed by atoms with Crippen LogP contribution in [-0.4, -0.2) is 4.57 Å². The van der Waals surface area contributed by atoms with Crippen LogP contribution in [0.15, 0.2) is 94.0 Å². The topological polar surface area (TPSA) is 4.93 Å². The zero-order valence-electron chi connectivity index (χ0n) is 17.6. The van der Waals surface area contributed by atoms with E-state index < -0.39 is 0 Å². The summed E-state index contributed by atoms with van der Waals surface area (Å²) in [7, 11) is 0. The van der Waals surface area contributed by atoms with E-state index in [2.05, 4.69) is 147 Å². The Balaban J connectivity index is 1.84. The fraction of sp³-hybridized carbons (Fsp3) is 0. The van der Waals surface area contributed by atoms with Crippen molar-refractivity contribution in [3.8, 4) is 47.7 Å². The predicted octanol–water partition coefficient (Wildman–Crippen LogP) is 12.4. The summed E-state index contributed by atoms with van der Waals surface area (Å²) in [6.07, 6.45) is 0. The summed E-state index contributed by atoms with van der Waals surface area (Å²) in [6.45, 7) is 0. The fourth-order valence-electron chi connectivity index (χ4n) is 4.13. The molecule has 6 aromatic rings. The molecule has 5 heterocycles. The van der Waals surface area contributed by atoms with Crippen molar-refractivity contribution in [3.05, 3.63) is 94.0 Å². The third kappa shape index (κ3) is 4.68. The molecule has 0 unspecified atom stereocenters. The summed E-state index contributed by atoms with van der Waals surface area (Å²) >= 11 is 21.9. The molecule has 0 bridgehead atoms. The molecule has 0 spiro atoms. The van der Waals surface area contributed by atoms with E-state index in [9.17, 15) is 0 Å². The maximum atomic E-state index is 3.72. The van der Waals surface area contributed by atoms with Gasteiger partial charge in [0.1, 0.15) is 0 Å². The van der Waals surface area contributed by atoms with Crippen molar-refractivity contribution < 1.29 is 0 Å². The first-order valence-electron chi connectivity index (χ1n) is 10.4. The van der Waals surface area contributed by atoms with Gasteiger partial charge in [0.2, 0.25) is 0 Å². The molecule has 174 valence electrons. The smallest absolute Gasteiger partial charge is 0.0728 e. The van der Waals surface area contributed by atoms with E-state index in [-0.39, 0.29) is 0 Å². The molecular formula is C26H13Br4NS4. The molecule has 6 rings (SSSR count). The van der Waals surface area contributed by atoms with Gasteiger partial charge < -0.3 is 4.57 Å². The normalized spacial score (nSPS) is 11.4. The van der Waals surface area contributed by atoms with Gasteiger partial charge in [-0.15, -0.1) is 45.3 Å². The quantitative estimate of drug-likeness (QED) is 0.164. The number of nitrogens with zero attached hydrogens (tertiary/aromatic N) is 1. The summed E-state index contributed by atoms with van der Waals surface area (Å²) in [5.74, 6) is 0. The van der Waals surface area contributed by atoms with Crippen LogP contribution in [-0.2, 0) is 0 Å². The highest BCUT2D eigenvalue weighted by atomic mass is 79.9. The van der Waals surface area contributed by atoms with Gasteiger partial charge >= 0.3 is 0 Å². The number of rotatable bonds is 5. The molecule has 0 aliphatic carbocycles. The van der Waals surface area contributed by atoms with Crippen molar-refractivity contribution in [2.45, 2.75) is 0 Å². The van der Waals surface area contributed by atoms with Crippen molar-refractivity contribution >= 4 is 109 Å². The lowest BCUT2D eigenvalue weighted by molar-refractivity contribution is 1.11. The molecule has 0 atom stereocenters. The predicted molar refractivity (Wildman–Crippen MR) is 170 cm³/mol. The largest absolute Gasteiger partial charge is 0.306 e. The second-order valence-electron chi connectivity index (χ2n) is 7.53. The highest BCUT2D eigenvalue weighted by Gasteiger charge is 2.30. The second-order valence-corrected chi connectivity index (χ2v) is 17.4. The van der Waals surface area contributed by atoms with E-state index in [1.54, 1.807) is 45.3 Å². The van der Waals surface area contributed by atoms with Gasteiger partial charge in [-0.25, -0.2) is 0 Å². The standard InChI is InChI=1S/C26H13Br4NS4/c27-19-10-6-15(32-19)23-24(16-7-11-20(28)33-16)26(18-9-13-22(30)35-18)31(14-4-2-1-3-5-14)25(23)17-8-12-21(29)34-17/h1-13H. The SMILES string of the molecule is Brc1ccc(-c2c(-c3ccc(Br)s3)c(-c3ccc(Br)s3)n(-c3ccccc3)c2-c2ccc(Br)s2)s1. The molecule has 5 aromatic heterocycles. The first kappa shape index (κ1) is 24.6. The van der Waals surface area contributed by atoms with Gasteiger partial charge in [0, 0.05) is 26.6 Å². The van der Waals surface area contributed by atoms with E-state index >= 15 is 0 Å². The van der Waals surface area contributed by atoms with Gasteiger partial charge in [0.25, 0.3) is 0 Å². The number of halogens is 4. The molecule has 0 aliphatic heterocycles. The molecule has 0 fully saturated rings. The molecule has 0 aliphatic rings. The first-order valence-corrected chi connectivity index (χ1v) is 16.8. The summed E-state index contributed by atoms with van der Waals surface area (Å²) in [5, 5.41) is 0. The maximum absolute atomic E-state index is 3.72. The van der Waals surface area contributed by atoms with Gasteiger partial charge in [-0.3, -0.25) is 0 Å². The average Bonchev–Trinajstić information content (AvgIpc) is 3.65. The van der Waals surface area contributed by atoms with Crippen molar-refractivity contribution in [2.75, 3.05) is 0 Å². The summed E-state index contributed by atoms with van der Waals surface area (Å²) in [5.41, 5.74) is 6.08. The molecule has 0 N–H and O–H groups in total. The van der Waals surface area contributed by atoms with Gasteiger partial charge in [0.05, 0.1) is 36.3 Å². The third-order valence-electron chi connectivity index (χ3n) is 5.44. The van der Waals surface area contributed by atoms with E-state index in [0.717, 1.165) is 20.8 Å². The van der Waals surface area contributed by atoms with Gasteiger partial charge in [-0.05, 0) is 124 Å². The highest BCUT2D eigenvalue weighted by molar-refractivity contribution is 9.11. The molecule has 0 radical (unpaired) electrons. The van der Waals surface area contributed by atoms with Crippen LogP contribution in [0.4, 0.5) is 0 Å². The number of thiophene rings is 4. The van der Waals surface area contributed by atoms with E-state index in [4.69, 9.17) is 0 Å². The fourth-order valence-corrected chi connectivity index (χ4v) is 9.87. The number of benzene rings is 1. The van der Waals surface area contributed by atoms with E-state index in [1.807, 2.05) is 0 Å². The van der Waals surface area contributed by atoms with E-state index in [1.165, 1.54) is 42.0 Å². The molecule has 0 saturated heterocycles. The van der Waals surface area contributed by atoms with Crippen LogP contribution in [0.3, 0.4) is 0 Å². The molecule has 0 saturated carbocycles. The zero-order valence-corrected chi connectivity index (χ0v) is 27.2. The average molecular weight is 787 g/mol. The third-order valence-corrected chi connectivity index (χ3v) is 12.0. The van der Waals surface area contributed by atoms with Crippen LogP contribution in [0.25, 0.3) is 47.7 Å². The summed E-state index contributed by atoms with van der Waals surface area (Å²) in [6, 6.07) is 28.1. The van der Waals surface area contributed by atoms with Crippen molar-refractivity contribution in [1.82, 2.24) is 4.57 Å². The molecule has 9 heteroatoms. The lowest BCUT2D eigenvalue weighted by atomic mass is 10.0. The maximum Gasteiger partial charge on any atom is 0.0728 e. The molecular weight excluding hydrogens is 774 g/mol. The van der Waals surface area contributed by atoms with Gasteiger partial charge in [0.15, 0.2) is 0 Å². The Labute approximate surface area is 252 Å². The first-order chi connectivity index (χ1) is 17.0. The Bertz CT molecular complexity index is 1550. The Kier molecular flexibility index (Phi) is 7.14.